The van der Waals surface area contributed by atoms with Crippen LogP contribution in [0.5, 0.6) is 0 Å². The van der Waals surface area contributed by atoms with Gasteiger partial charge in [0.15, 0.2) is 0 Å². The Morgan fingerprint density at radius 3 is 2.60 bits per heavy atom. The van der Waals surface area contributed by atoms with Gasteiger partial charge in [0, 0.05) is 17.1 Å². The van der Waals surface area contributed by atoms with E-state index in [2.05, 4.69) is 23.7 Å². The molecule has 4 heteroatoms. The second kappa shape index (κ2) is 6.08. The fraction of sp³-hybridized carbons (Fsp3) is 0.727. The number of nitrogens with one attached hydrogen (secondary N) is 1. The van der Waals surface area contributed by atoms with Crippen LogP contribution in [0, 0.1) is 6.92 Å². The molecule has 15 heavy (non-hydrogen) atoms. The molecular weight excluding hydrogens is 208 g/mol. The lowest BCUT2D eigenvalue weighted by Gasteiger charge is -2.19. The zero-order valence-electron chi connectivity index (χ0n) is 9.80. The molecule has 0 aliphatic rings. The molecule has 0 aromatic carbocycles. The van der Waals surface area contributed by atoms with Gasteiger partial charge in [0.25, 0.3) is 0 Å². The number of hydrogen-bond donors (Lipinski definition) is 1. The Morgan fingerprint density at radius 1 is 1.40 bits per heavy atom. The minimum atomic E-state index is 0.0639. The van der Waals surface area contributed by atoms with Crippen LogP contribution in [0.1, 0.15) is 37.3 Å². The summed E-state index contributed by atoms with van der Waals surface area (Å²) in [5.41, 5.74) is 1.03. The lowest BCUT2D eigenvalue weighted by Crippen LogP contribution is -2.23. The molecule has 0 unspecified atom stereocenters. The van der Waals surface area contributed by atoms with Crippen molar-refractivity contribution >= 4 is 11.3 Å². The monoisotopic (exact) mass is 228 g/mol. The number of H-pyrrole nitrogens is 1. The van der Waals surface area contributed by atoms with Gasteiger partial charge in [-0.15, -0.1) is 0 Å². The van der Waals surface area contributed by atoms with E-state index in [1.54, 1.807) is 0 Å². The van der Waals surface area contributed by atoms with Gasteiger partial charge in [-0.1, -0.05) is 31.6 Å². The van der Waals surface area contributed by atoms with Crippen LogP contribution in [-0.4, -0.2) is 23.0 Å². The van der Waals surface area contributed by atoms with E-state index in [0.717, 1.165) is 25.3 Å². The number of thiazole rings is 1. The van der Waals surface area contributed by atoms with E-state index in [1.165, 1.54) is 29.1 Å². The van der Waals surface area contributed by atoms with Gasteiger partial charge in [-0.25, -0.2) is 0 Å². The van der Waals surface area contributed by atoms with Crippen molar-refractivity contribution in [1.82, 2.24) is 9.88 Å². The maximum Gasteiger partial charge on any atom is 0.304 e. The third-order valence-electron chi connectivity index (χ3n) is 2.57. The molecule has 1 rings (SSSR count). The average Bonchev–Trinajstić information content (AvgIpc) is 2.52. The number of unbranched alkanes of at least 4 members (excludes halogenated alkanes) is 1. The summed E-state index contributed by atoms with van der Waals surface area (Å²) >= 11 is 1.34. The van der Waals surface area contributed by atoms with E-state index in [1.807, 2.05) is 6.92 Å². The summed E-state index contributed by atoms with van der Waals surface area (Å²) in [6.07, 6.45) is 2.45. The van der Waals surface area contributed by atoms with Crippen molar-refractivity contribution in [2.24, 2.45) is 0 Å². The summed E-state index contributed by atoms with van der Waals surface area (Å²) in [6.45, 7) is 9.42. The largest absolute Gasteiger partial charge is 0.317 e. The Bertz CT molecular complexity index is 343. The van der Waals surface area contributed by atoms with Crippen molar-refractivity contribution in [3.8, 4) is 0 Å². The molecule has 3 nitrogen and oxygen atoms in total. The van der Waals surface area contributed by atoms with E-state index >= 15 is 0 Å². The fourth-order valence-corrected chi connectivity index (χ4v) is 2.40. The predicted octanol–water partition coefficient (Wildman–Crippen LogP) is 2.37. The van der Waals surface area contributed by atoms with Crippen LogP contribution < -0.4 is 4.87 Å². The Labute approximate surface area is 95.1 Å². The van der Waals surface area contributed by atoms with Gasteiger partial charge in [-0.2, -0.15) is 0 Å². The summed E-state index contributed by atoms with van der Waals surface area (Å²) in [6, 6.07) is 0. The van der Waals surface area contributed by atoms with Gasteiger partial charge in [0.2, 0.25) is 0 Å². The summed E-state index contributed by atoms with van der Waals surface area (Å²) in [5.74, 6) is 0. The first kappa shape index (κ1) is 12.5. The third-order valence-corrected chi connectivity index (χ3v) is 3.54. The highest BCUT2D eigenvalue weighted by atomic mass is 32.1. The second-order valence-corrected chi connectivity index (χ2v) is 4.85. The van der Waals surface area contributed by atoms with Gasteiger partial charge < -0.3 is 4.98 Å². The highest BCUT2D eigenvalue weighted by molar-refractivity contribution is 7.09. The van der Waals surface area contributed by atoms with Crippen LogP contribution in [0.25, 0.3) is 0 Å². The van der Waals surface area contributed by atoms with Crippen LogP contribution in [-0.2, 0) is 6.54 Å². The molecule has 1 heterocycles. The Hall–Kier alpha value is -0.610. The number of aromatic nitrogens is 1. The molecule has 1 aromatic heterocycles. The van der Waals surface area contributed by atoms with Crippen molar-refractivity contribution in [3.05, 3.63) is 20.2 Å². The van der Waals surface area contributed by atoms with Crippen LogP contribution in [0.15, 0.2) is 4.79 Å². The number of aromatic amines is 1. The van der Waals surface area contributed by atoms with Gasteiger partial charge >= 0.3 is 4.87 Å². The maximum atomic E-state index is 11.1. The van der Waals surface area contributed by atoms with Crippen molar-refractivity contribution in [1.29, 1.82) is 0 Å². The average molecular weight is 228 g/mol. The SMILES string of the molecule is CCCCN(CC)Cc1sc(=O)[nH]c1C. The third kappa shape index (κ3) is 3.80. The summed E-state index contributed by atoms with van der Waals surface area (Å²) in [7, 11) is 0. The highest BCUT2D eigenvalue weighted by Gasteiger charge is 2.08. The summed E-state index contributed by atoms with van der Waals surface area (Å²) < 4.78 is 0. The second-order valence-electron chi connectivity index (χ2n) is 3.79. The molecule has 0 spiro atoms. The maximum absolute atomic E-state index is 11.1. The molecule has 0 amide bonds. The molecule has 1 aromatic rings. The molecule has 86 valence electrons. The highest BCUT2D eigenvalue weighted by Crippen LogP contribution is 2.11. The Kier molecular flexibility index (Phi) is 5.05. The lowest BCUT2D eigenvalue weighted by molar-refractivity contribution is 0.277. The molecule has 0 fully saturated rings. The van der Waals surface area contributed by atoms with E-state index in [0.29, 0.717) is 0 Å². The van der Waals surface area contributed by atoms with Gasteiger partial charge in [0.1, 0.15) is 0 Å². The first-order valence-corrected chi connectivity index (χ1v) is 6.40. The minimum Gasteiger partial charge on any atom is -0.317 e. The predicted molar refractivity (Wildman–Crippen MR) is 65.5 cm³/mol. The molecule has 0 aliphatic heterocycles. The Morgan fingerprint density at radius 2 is 2.13 bits per heavy atom. The van der Waals surface area contributed by atoms with Gasteiger partial charge in [-0.05, 0) is 26.4 Å². The first-order valence-electron chi connectivity index (χ1n) is 5.58. The molecule has 0 atom stereocenters. The smallest absolute Gasteiger partial charge is 0.304 e. The van der Waals surface area contributed by atoms with Crippen molar-refractivity contribution < 1.29 is 0 Å². The van der Waals surface area contributed by atoms with E-state index in [4.69, 9.17) is 0 Å². The molecule has 1 N–H and O–H groups in total. The molecule has 0 aliphatic carbocycles. The number of aryl methyl sites for hydroxylation is 1. The van der Waals surface area contributed by atoms with E-state index < -0.39 is 0 Å². The zero-order chi connectivity index (χ0) is 11.3. The van der Waals surface area contributed by atoms with Crippen LogP contribution >= 0.6 is 11.3 Å². The molecule has 0 saturated carbocycles. The number of rotatable bonds is 6. The fourth-order valence-electron chi connectivity index (χ4n) is 1.52. The minimum absolute atomic E-state index is 0.0639. The molecular formula is C11H20N2OS. The van der Waals surface area contributed by atoms with Crippen LogP contribution in [0.2, 0.25) is 0 Å². The summed E-state index contributed by atoms with van der Waals surface area (Å²) in [5, 5.41) is 0. The Balaban J connectivity index is 2.58. The number of nitrogens with zero attached hydrogens (tertiary/aromatic N) is 1. The number of hydrogen-bond acceptors (Lipinski definition) is 3. The van der Waals surface area contributed by atoms with Gasteiger partial charge in [0.05, 0.1) is 0 Å². The topological polar surface area (TPSA) is 36.1 Å². The molecule has 0 bridgehead atoms. The van der Waals surface area contributed by atoms with E-state index in [-0.39, 0.29) is 4.87 Å². The van der Waals surface area contributed by atoms with Gasteiger partial charge in [-0.3, -0.25) is 9.69 Å². The van der Waals surface area contributed by atoms with Crippen LogP contribution in [0.3, 0.4) is 0 Å². The first-order chi connectivity index (χ1) is 7.17. The normalized spacial score (nSPS) is 11.2. The van der Waals surface area contributed by atoms with Crippen molar-refractivity contribution in [2.75, 3.05) is 13.1 Å². The molecule has 0 radical (unpaired) electrons. The van der Waals surface area contributed by atoms with Crippen LogP contribution in [0.4, 0.5) is 0 Å². The van der Waals surface area contributed by atoms with E-state index in [9.17, 15) is 4.79 Å². The zero-order valence-corrected chi connectivity index (χ0v) is 10.6. The standard InChI is InChI=1S/C11H20N2OS/c1-4-6-7-13(5-2)8-10-9(3)12-11(14)15-10/h4-8H2,1-3H3,(H,12,14). The summed E-state index contributed by atoms with van der Waals surface area (Å²) in [4.78, 5) is 17.6. The van der Waals surface area contributed by atoms with Crippen molar-refractivity contribution in [3.63, 3.8) is 0 Å². The quantitative estimate of drug-likeness (QED) is 0.811. The molecule has 0 saturated heterocycles. The lowest BCUT2D eigenvalue weighted by atomic mass is 10.3. The van der Waals surface area contributed by atoms with Crippen molar-refractivity contribution in [2.45, 2.75) is 40.2 Å².